The first kappa shape index (κ1) is 21.4. The van der Waals surface area contributed by atoms with E-state index in [0.29, 0.717) is 13.3 Å². The highest BCUT2D eigenvalue weighted by Crippen LogP contribution is 2.32. The number of nitrogens with one attached hydrogen (secondary N) is 2. The number of ether oxygens (including phenoxy) is 2. The van der Waals surface area contributed by atoms with E-state index in [4.69, 9.17) is 14.5 Å². The maximum atomic E-state index is 5.42. The van der Waals surface area contributed by atoms with Crippen LogP contribution in [0.25, 0.3) is 11.3 Å². The summed E-state index contributed by atoms with van der Waals surface area (Å²) in [4.78, 5) is 8.98. The number of benzene rings is 2. The second kappa shape index (κ2) is 10.4. The molecule has 8 heteroatoms. The van der Waals surface area contributed by atoms with Crippen molar-refractivity contribution in [3.05, 3.63) is 64.5 Å². The first-order valence-electron chi connectivity index (χ1n) is 9.15. The highest BCUT2D eigenvalue weighted by Gasteiger charge is 2.13. The van der Waals surface area contributed by atoms with Gasteiger partial charge in [0.05, 0.1) is 12.2 Å². The van der Waals surface area contributed by atoms with E-state index in [1.807, 2.05) is 30.3 Å². The van der Waals surface area contributed by atoms with Crippen molar-refractivity contribution in [2.45, 2.75) is 13.0 Å². The molecule has 2 aromatic carbocycles. The summed E-state index contributed by atoms with van der Waals surface area (Å²) < 4.78 is 10.8. The Bertz CT molecular complexity index is 962. The quantitative estimate of drug-likeness (QED) is 0.291. The Morgan fingerprint density at radius 1 is 1.10 bits per heavy atom. The van der Waals surface area contributed by atoms with E-state index in [0.717, 1.165) is 46.7 Å². The largest absolute Gasteiger partial charge is 0.454 e. The lowest BCUT2D eigenvalue weighted by molar-refractivity contribution is 0.174. The van der Waals surface area contributed by atoms with E-state index < -0.39 is 0 Å². The summed E-state index contributed by atoms with van der Waals surface area (Å²) in [5.41, 5.74) is 3.34. The first-order valence-corrected chi connectivity index (χ1v) is 10.0. The van der Waals surface area contributed by atoms with Crippen LogP contribution >= 0.6 is 35.3 Å². The third kappa shape index (κ3) is 5.60. The third-order valence-corrected chi connectivity index (χ3v) is 5.24. The summed E-state index contributed by atoms with van der Waals surface area (Å²) in [5, 5.41) is 9.77. The molecule has 3 aromatic rings. The lowest BCUT2D eigenvalue weighted by atomic mass is 10.1. The standard InChI is InChI=1S/C21H22N4O2S.HI/c1-22-21(23-10-9-15-7-8-18-19(11-15)27-14-26-18)24-12-20-25-17(13-28-20)16-5-3-2-4-6-16;/h2-8,11,13H,9-10,12,14H2,1H3,(H2,22,23,24);1H. The molecule has 0 spiro atoms. The van der Waals surface area contributed by atoms with Crippen LogP contribution < -0.4 is 20.1 Å². The lowest BCUT2D eigenvalue weighted by Gasteiger charge is -2.11. The number of fused-ring (bicyclic) bond motifs is 1. The van der Waals surface area contributed by atoms with Crippen molar-refractivity contribution >= 4 is 41.3 Å². The summed E-state index contributed by atoms with van der Waals surface area (Å²) in [7, 11) is 1.77. The monoisotopic (exact) mass is 522 g/mol. The van der Waals surface area contributed by atoms with Crippen molar-refractivity contribution in [3.8, 4) is 22.8 Å². The van der Waals surface area contributed by atoms with Crippen molar-refractivity contribution in [1.29, 1.82) is 0 Å². The summed E-state index contributed by atoms with van der Waals surface area (Å²) in [6.45, 7) is 1.71. The van der Waals surface area contributed by atoms with Crippen molar-refractivity contribution in [2.24, 2.45) is 4.99 Å². The van der Waals surface area contributed by atoms with E-state index in [2.05, 4.69) is 39.2 Å². The lowest BCUT2D eigenvalue weighted by Crippen LogP contribution is -2.37. The second-order valence-electron chi connectivity index (χ2n) is 6.28. The van der Waals surface area contributed by atoms with Gasteiger partial charge in [0.1, 0.15) is 5.01 Å². The minimum atomic E-state index is 0. The molecule has 1 aliphatic rings. The Kier molecular flexibility index (Phi) is 7.70. The minimum absolute atomic E-state index is 0. The smallest absolute Gasteiger partial charge is 0.231 e. The molecule has 0 saturated heterocycles. The van der Waals surface area contributed by atoms with Gasteiger partial charge in [-0.05, 0) is 24.1 Å². The highest BCUT2D eigenvalue weighted by atomic mass is 127. The van der Waals surface area contributed by atoms with Gasteiger partial charge < -0.3 is 20.1 Å². The first-order chi connectivity index (χ1) is 13.8. The molecule has 1 aromatic heterocycles. The fourth-order valence-electron chi connectivity index (χ4n) is 2.94. The van der Waals surface area contributed by atoms with Crippen LogP contribution in [-0.4, -0.2) is 31.3 Å². The van der Waals surface area contributed by atoms with Gasteiger partial charge in [0.25, 0.3) is 0 Å². The topological polar surface area (TPSA) is 67.8 Å². The summed E-state index contributed by atoms with van der Waals surface area (Å²) in [5.74, 6) is 2.39. The van der Waals surface area contributed by atoms with Gasteiger partial charge in [0.2, 0.25) is 6.79 Å². The number of thiazole rings is 1. The van der Waals surface area contributed by atoms with E-state index >= 15 is 0 Å². The number of hydrogen-bond acceptors (Lipinski definition) is 5. The molecule has 4 rings (SSSR count). The van der Waals surface area contributed by atoms with Gasteiger partial charge in [-0.3, -0.25) is 4.99 Å². The molecule has 0 amide bonds. The maximum absolute atomic E-state index is 5.42. The van der Waals surface area contributed by atoms with Crippen LogP contribution in [0.5, 0.6) is 11.5 Å². The van der Waals surface area contributed by atoms with Gasteiger partial charge in [-0.15, -0.1) is 35.3 Å². The highest BCUT2D eigenvalue weighted by molar-refractivity contribution is 14.0. The molecule has 2 N–H and O–H groups in total. The van der Waals surface area contributed by atoms with E-state index in [9.17, 15) is 0 Å². The molecule has 6 nitrogen and oxygen atoms in total. The van der Waals surface area contributed by atoms with E-state index in [1.54, 1.807) is 18.4 Å². The zero-order chi connectivity index (χ0) is 19.2. The van der Waals surface area contributed by atoms with E-state index in [1.165, 1.54) is 5.56 Å². The van der Waals surface area contributed by atoms with Crippen LogP contribution in [0.1, 0.15) is 10.6 Å². The molecular weight excluding hydrogens is 499 g/mol. The van der Waals surface area contributed by atoms with Crippen molar-refractivity contribution in [2.75, 3.05) is 20.4 Å². The predicted octanol–water partition coefficient (Wildman–Crippen LogP) is 4.06. The Hall–Kier alpha value is -2.33. The van der Waals surface area contributed by atoms with E-state index in [-0.39, 0.29) is 24.0 Å². The summed E-state index contributed by atoms with van der Waals surface area (Å²) >= 11 is 1.65. The summed E-state index contributed by atoms with van der Waals surface area (Å²) in [6.07, 6.45) is 0.868. The van der Waals surface area contributed by atoms with Gasteiger partial charge in [-0.25, -0.2) is 4.98 Å². The molecule has 0 fully saturated rings. The number of hydrogen-bond donors (Lipinski definition) is 2. The zero-order valence-corrected chi connectivity index (χ0v) is 19.2. The maximum Gasteiger partial charge on any atom is 0.231 e. The molecule has 29 heavy (non-hydrogen) atoms. The molecule has 2 heterocycles. The van der Waals surface area contributed by atoms with Crippen LogP contribution in [0.4, 0.5) is 0 Å². The molecule has 1 aliphatic heterocycles. The number of guanidine groups is 1. The van der Waals surface area contributed by atoms with Crippen LogP contribution in [0, 0.1) is 0 Å². The molecule has 0 radical (unpaired) electrons. The Balaban J connectivity index is 0.00000240. The molecular formula is C21H23IN4O2S. The van der Waals surface area contributed by atoms with Crippen molar-refractivity contribution in [3.63, 3.8) is 0 Å². The zero-order valence-electron chi connectivity index (χ0n) is 16.1. The predicted molar refractivity (Wildman–Crippen MR) is 127 cm³/mol. The van der Waals surface area contributed by atoms with Crippen LogP contribution in [0.3, 0.4) is 0 Å². The second-order valence-corrected chi connectivity index (χ2v) is 7.23. The Morgan fingerprint density at radius 2 is 1.93 bits per heavy atom. The van der Waals surface area contributed by atoms with Gasteiger partial charge in [-0.2, -0.15) is 0 Å². The molecule has 0 saturated carbocycles. The average molecular weight is 522 g/mol. The number of halogens is 1. The molecule has 0 unspecified atom stereocenters. The molecule has 152 valence electrons. The van der Waals surface area contributed by atoms with Crippen LogP contribution in [0.15, 0.2) is 58.9 Å². The van der Waals surface area contributed by atoms with Crippen LogP contribution in [0.2, 0.25) is 0 Å². The van der Waals surface area contributed by atoms with Crippen molar-refractivity contribution in [1.82, 2.24) is 15.6 Å². The molecule has 0 bridgehead atoms. The average Bonchev–Trinajstić information content (AvgIpc) is 3.40. The van der Waals surface area contributed by atoms with Gasteiger partial charge in [0, 0.05) is 24.5 Å². The molecule has 0 aliphatic carbocycles. The minimum Gasteiger partial charge on any atom is -0.454 e. The summed E-state index contributed by atoms with van der Waals surface area (Å²) in [6, 6.07) is 16.3. The fraction of sp³-hybridized carbons (Fsp3) is 0.238. The van der Waals surface area contributed by atoms with Crippen molar-refractivity contribution < 1.29 is 9.47 Å². The normalized spacial score (nSPS) is 12.4. The van der Waals surface area contributed by atoms with Gasteiger partial charge in [-0.1, -0.05) is 36.4 Å². The third-order valence-electron chi connectivity index (χ3n) is 4.40. The SMILES string of the molecule is CN=C(NCCc1ccc2c(c1)OCO2)NCc1nc(-c2ccccc2)cs1.I. The van der Waals surface area contributed by atoms with Gasteiger partial charge >= 0.3 is 0 Å². The number of rotatable bonds is 6. The Morgan fingerprint density at radius 3 is 2.76 bits per heavy atom. The number of aromatic nitrogens is 1. The number of nitrogens with zero attached hydrogens (tertiary/aromatic N) is 2. The number of aliphatic imine (C=N–C) groups is 1. The van der Waals surface area contributed by atoms with Gasteiger partial charge in [0.15, 0.2) is 17.5 Å². The van der Waals surface area contributed by atoms with Crippen LogP contribution in [-0.2, 0) is 13.0 Å². The Labute approximate surface area is 191 Å². The fourth-order valence-corrected chi connectivity index (χ4v) is 3.68. The molecule has 0 atom stereocenters.